The summed E-state index contributed by atoms with van der Waals surface area (Å²) in [6, 6.07) is 7.58. The molecule has 2 heterocycles. The normalized spacial score (nSPS) is 21.4. The second-order valence-corrected chi connectivity index (χ2v) is 6.72. The van der Waals surface area contributed by atoms with Crippen molar-refractivity contribution < 1.29 is 13.9 Å². The molecule has 2 saturated heterocycles. The summed E-state index contributed by atoms with van der Waals surface area (Å²) in [5.41, 5.74) is 0.709. The predicted octanol–water partition coefficient (Wildman–Crippen LogP) is 3.13. The highest BCUT2D eigenvalue weighted by Gasteiger charge is 2.31. The highest BCUT2D eigenvalue weighted by Crippen LogP contribution is 2.23. The fourth-order valence-corrected chi connectivity index (χ4v) is 3.66. The maximum atomic E-state index is 12.8. The molecule has 1 unspecified atom stereocenters. The summed E-state index contributed by atoms with van der Waals surface area (Å²) in [6.07, 6.45) is 5.16. The zero-order valence-electron chi connectivity index (χ0n) is 14.3. The predicted molar refractivity (Wildman–Crippen MR) is 92.3 cm³/mol. The third kappa shape index (κ3) is 4.26. The van der Waals surface area contributed by atoms with Crippen LogP contribution in [0.1, 0.15) is 42.5 Å². The Balaban J connectivity index is 1.57. The molecule has 0 N–H and O–H groups in total. The zero-order valence-corrected chi connectivity index (χ0v) is 14.3. The van der Waals surface area contributed by atoms with Gasteiger partial charge in [-0.05, 0) is 63.0 Å². The largest absolute Gasteiger partial charge is 0.493 e. The Hall–Kier alpha value is -1.62. The molecule has 0 spiro atoms. The molecule has 1 aromatic carbocycles. The molecule has 0 aromatic heterocycles. The van der Waals surface area contributed by atoms with Gasteiger partial charge in [0.15, 0.2) is 0 Å². The van der Waals surface area contributed by atoms with Crippen LogP contribution in [0.15, 0.2) is 24.3 Å². The van der Waals surface area contributed by atoms with E-state index in [4.69, 9.17) is 4.74 Å². The second kappa shape index (κ2) is 8.47. The van der Waals surface area contributed by atoms with E-state index < -0.39 is 0 Å². The smallest absolute Gasteiger partial charge is 0.254 e. The standard InChI is InChI=1S/C19H27FN2O2/c20-10-4-14-24-18-8-6-16(7-9-18)19(23)22-13-3-5-17(22)15-21-11-1-2-12-21/h6-9,17H,1-5,10-15H2. The van der Waals surface area contributed by atoms with Gasteiger partial charge in [-0.3, -0.25) is 9.18 Å². The lowest BCUT2D eigenvalue weighted by molar-refractivity contribution is 0.0708. The van der Waals surface area contributed by atoms with Crippen LogP contribution < -0.4 is 4.74 Å². The van der Waals surface area contributed by atoms with Crippen LogP contribution in [0.3, 0.4) is 0 Å². The van der Waals surface area contributed by atoms with E-state index in [1.54, 1.807) is 12.1 Å². The second-order valence-electron chi connectivity index (χ2n) is 6.72. The fourth-order valence-electron chi connectivity index (χ4n) is 3.66. The van der Waals surface area contributed by atoms with Gasteiger partial charge in [-0.1, -0.05) is 0 Å². The number of carbonyl (C=O) groups is 1. The van der Waals surface area contributed by atoms with Gasteiger partial charge < -0.3 is 14.5 Å². The van der Waals surface area contributed by atoms with Gasteiger partial charge >= 0.3 is 0 Å². The van der Waals surface area contributed by atoms with Crippen LogP contribution in [-0.4, -0.2) is 61.2 Å². The van der Waals surface area contributed by atoms with Crippen LogP contribution in [0.2, 0.25) is 0 Å². The Kier molecular flexibility index (Phi) is 6.07. The highest BCUT2D eigenvalue weighted by molar-refractivity contribution is 5.94. The molecule has 1 atom stereocenters. The third-order valence-corrected chi connectivity index (χ3v) is 4.95. The highest BCUT2D eigenvalue weighted by atomic mass is 19.1. The van der Waals surface area contributed by atoms with E-state index in [1.165, 1.54) is 25.9 Å². The summed E-state index contributed by atoms with van der Waals surface area (Å²) in [6.45, 7) is 4.20. The monoisotopic (exact) mass is 334 g/mol. The number of alkyl halides is 1. The first-order chi connectivity index (χ1) is 11.8. The van der Waals surface area contributed by atoms with Crippen LogP contribution in [0.5, 0.6) is 5.75 Å². The number of hydrogen-bond donors (Lipinski definition) is 0. The van der Waals surface area contributed by atoms with E-state index >= 15 is 0 Å². The molecular weight excluding hydrogens is 307 g/mol. The van der Waals surface area contributed by atoms with Crippen LogP contribution in [0, 0.1) is 0 Å². The van der Waals surface area contributed by atoms with Gasteiger partial charge in [0.1, 0.15) is 5.75 Å². The van der Waals surface area contributed by atoms with E-state index in [0.29, 0.717) is 30.4 Å². The number of amides is 1. The summed E-state index contributed by atoms with van der Waals surface area (Å²) in [4.78, 5) is 17.3. The fraction of sp³-hybridized carbons (Fsp3) is 0.632. The van der Waals surface area contributed by atoms with Crippen LogP contribution >= 0.6 is 0 Å². The first kappa shape index (κ1) is 17.2. The molecule has 0 bridgehead atoms. The van der Waals surface area contributed by atoms with Gasteiger partial charge in [0.2, 0.25) is 0 Å². The Bertz CT molecular complexity index is 529. The Labute approximate surface area is 143 Å². The van der Waals surface area contributed by atoms with Crippen molar-refractivity contribution in [1.82, 2.24) is 9.80 Å². The Morgan fingerprint density at radius 1 is 1.12 bits per heavy atom. The number of rotatable bonds is 7. The molecule has 24 heavy (non-hydrogen) atoms. The maximum Gasteiger partial charge on any atom is 0.254 e. The van der Waals surface area contributed by atoms with Crippen molar-refractivity contribution in [2.75, 3.05) is 39.5 Å². The van der Waals surface area contributed by atoms with Gasteiger partial charge in [-0.15, -0.1) is 0 Å². The van der Waals surface area contributed by atoms with Crippen molar-refractivity contribution in [3.63, 3.8) is 0 Å². The van der Waals surface area contributed by atoms with Crippen molar-refractivity contribution in [3.8, 4) is 5.75 Å². The molecule has 5 heteroatoms. The lowest BCUT2D eigenvalue weighted by Gasteiger charge is -2.28. The molecule has 0 radical (unpaired) electrons. The average molecular weight is 334 g/mol. The van der Waals surface area contributed by atoms with Gasteiger partial charge in [0, 0.05) is 31.1 Å². The Morgan fingerprint density at radius 2 is 1.88 bits per heavy atom. The summed E-state index contributed by atoms with van der Waals surface area (Å²) in [7, 11) is 0. The van der Waals surface area contributed by atoms with Gasteiger partial charge in [0.05, 0.1) is 13.3 Å². The van der Waals surface area contributed by atoms with Crippen molar-refractivity contribution in [3.05, 3.63) is 29.8 Å². The van der Waals surface area contributed by atoms with E-state index in [0.717, 1.165) is 25.9 Å². The van der Waals surface area contributed by atoms with Crippen LogP contribution in [-0.2, 0) is 0 Å². The van der Waals surface area contributed by atoms with E-state index in [1.807, 2.05) is 17.0 Å². The van der Waals surface area contributed by atoms with Crippen molar-refractivity contribution >= 4 is 5.91 Å². The van der Waals surface area contributed by atoms with Crippen molar-refractivity contribution in [1.29, 1.82) is 0 Å². The van der Waals surface area contributed by atoms with Crippen LogP contribution in [0.4, 0.5) is 4.39 Å². The number of nitrogens with zero attached hydrogens (tertiary/aromatic N) is 2. The minimum atomic E-state index is -0.371. The van der Waals surface area contributed by atoms with Crippen molar-refractivity contribution in [2.24, 2.45) is 0 Å². The molecule has 4 nitrogen and oxygen atoms in total. The lowest BCUT2D eigenvalue weighted by atomic mass is 10.1. The summed E-state index contributed by atoms with van der Waals surface area (Å²) >= 11 is 0. The van der Waals surface area contributed by atoms with Crippen molar-refractivity contribution in [2.45, 2.75) is 38.1 Å². The van der Waals surface area contributed by atoms with E-state index in [9.17, 15) is 9.18 Å². The third-order valence-electron chi connectivity index (χ3n) is 4.95. The van der Waals surface area contributed by atoms with E-state index in [-0.39, 0.29) is 12.6 Å². The van der Waals surface area contributed by atoms with E-state index in [2.05, 4.69) is 4.90 Å². The molecule has 2 aliphatic rings. The number of benzene rings is 1. The molecule has 3 rings (SSSR count). The zero-order chi connectivity index (χ0) is 16.8. The molecule has 1 aromatic rings. The lowest BCUT2D eigenvalue weighted by Crippen LogP contribution is -2.42. The first-order valence-corrected chi connectivity index (χ1v) is 9.10. The van der Waals surface area contributed by atoms with Gasteiger partial charge in [0.25, 0.3) is 5.91 Å². The minimum Gasteiger partial charge on any atom is -0.493 e. The first-order valence-electron chi connectivity index (χ1n) is 9.10. The molecule has 0 saturated carbocycles. The maximum absolute atomic E-state index is 12.8. The van der Waals surface area contributed by atoms with Crippen LogP contribution in [0.25, 0.3) is 0 Å². The molecule has 1 amide bonds. The number of carbonyl (C=O) groups excluding carboxylic acids is 1. The minimum absolute atomic E-state index is 0.118. The summed E-state index contributed by atoms with van der Waals surface area (Å²) in [5.74, 6) is 0.807. The summed E-state index contributed by atoms with van der Waals surface area (Å²) in [5, 5.41) is 0. The van der Waals surface area contributed by atoms with Gasteiger partial charge in [-0.25, -0.2) is 0 Å². The average Bonchev–Trinajstić information content (AvgIpc) is 3.27. The topological polar surface area (TPSA) is 32.8 Å². The molecule has 2 aliphatic heterocycles. The molecule has 132 valence electrons. The molecule has 2 fully saturated rings. The summed E-state index contributed by atoms with van der Waals surface area (Å²) < 4.78 is 17.5. The number of ether oxygens (including phenoxy) is 1. The SMILES string of the molecule is O=C(c1ccc(OCCCF)cc1)N1CCCC1CN1CCCC1. The number of likely N-dealkylation sites (tertiary alicyclic amines) is 2. The number of halogens is 1. The Morgan fingerprint density at radius 3 is 2.58 bits per heavy atom. The van der Waals surface area contributed by atoms with Gasteiger partial charge in [-0.2, -0.15) is 0 Å². The molecular formula is C19H27FN2O2. The quantitative estimate of drug-likeness (QED) is 0.718. The number of hydrogen-bond acceptors (Lipinski definition) is 3. The molecule has 0 aliphatic carbocycles.